The minimum absolute atomic E-state index is 0.113. The predicted molar refractivity (Wildman–Crippen MR) is 132 cm³/mol. The van der Waals surface area contributed by atoms with Crippen LogP contribution < -0.4 is 10.1 Å². The summed E-state index contributed by atoms with van der Waals surface area (Å²) >= 11 is 0. The first-order valence-electron chi connectivity index (χ1n) is 12.0. The Morgan fingerprint density at radius 2 is 1.97 bits per heavy atom. The summed E-state index contributed by atoms with van der Waals surface area (Å²) in [6.45, 7) is 2.51. The highest BCUT2D eigenvalue weighted by Crippen LogP contribution is 2.25. The highest BCUT2D eigenvalue weighted by molar-refractivity contribution is 5.94. The second kappa shape index (κ2) is 12.8. The number of fused-ring (bicyclic) bond motifs is 1. The van der Waals surface area contributed by atoms with Gasteiger partial charge in [0.1, 0.15) is 12.4 Å². The molecule has 5 nitrogen and oxygen atoms in total. The maximum absolute atomic E-state index is 12.9. The van der Waals surface area contributed by atoms with Gasteiger partial charge in [-0.25, -0.2) is 0 Å². The Morgan fingerprint density at radius 1 is 1.15 bits per heavy atom. The molecule has 0 fully saturated rings. The molecule has 1 aliphatic rings. The highest BCUT2D eigenvalue weighted by Gasteiger charge is 2.13. The molecule has 0 aromatic heterocycles. The third-order valence-corrected chi connectivity index (χ3v) is 6.19. The van der Waals surface area contributed by atoms with E-state index >= 15 is 0 Å². The molecule has 0 radical (unpaired) electrons. The molecule has 2 N–H and O–H groups in total. The molecule has 0 saturated carbocycles. The highest BCUT2D eigenvalue weighted by atomic mass is 16.5. The van der Waals surface area contributed by atoms with E-state index in [0.29, 0.717) is 31.4 Å². The van der Waals surface area contributed by atoms with E-state index in [1.165, 1.54) is 18.4 Å². The van der Waals surface area contributed by atoms with Gasteiger partial charge in [-0.3, -0.25) is 9.59 Å². The van der Waals surface area contributed by atoms with Crippen LogP contribution >= 0.6 is 0 Å². The summed E-state index contributed by atoms with van der Waals surface area (Å²) in [5.41, 5.74) is 2.02. The van der Waals surface area contributed by atoms with Gasteiger partial charge in [0.2, 0.25) is 5.91 Å². The molecule has 0 bridgehead atoms. The normalized spacial score (nSPS) is 15.1. The second-order valence-corrected chi connectivity index (χ2v) is 8.78. The van der Waals surface area contributed by atoms with Gasteiger partial charge in [-0.15, -0.1) is 0 Å². The van der Waals surface area contributed by atoms with Gasteiger partial charge < -0.3 is 15.2 Å². The Balaban J connectivity index is 1.62. The van der Waals surface area contributed by atoms with E-state index < -0.39 is 5.97 Å². The Morgan fingerprint density at radius 3 is 2.76 bits per heavy atom. The molecule has 5 heteroatoms. The summed E-state index contributed by atoms with van der Waals surface area (Å²) in [6.07, 6.45) is 11.8. The van der Waals surface area contributed by atoms with Gasteiger partial charge in [-0.05, 0) is 62.8 Å². The van der Waals surface area contributed by atoms with Crippen molar-refractivity contribution in [2.45, 2.75) is 58.3 Å². The summed E-state index contributed by atoms with van der Waals surface area (Å²) < 4.78 is 6.08. The summed E-state index contributed by atoms with van der Waals surface area (Å²) in [5.74, 6) is -0.531. The van der Waals surface area contributed by atoms with E-state index in [1.54, 1.807) is 6.92 Å². The molecule has 0 spiro atoms. The van der Waals surface area contributed by atoms with Crippen molar-refractivity contribution in [3.63, 3.8) is 0 Å². The quantitative estimate of drug-likeness (QED) is 0.235. The first-order valence-corrected chi connectivity index (χ1v) is 12.0. The van der Waals surface area contributed by atoms with Gasteiger partial charge >= 0.3 is 5.97 Å². The first-order chi connectivity index (χ1) is 16.0. The van der Waals surface area contributed by atoms with Crippen molar-refractivity contribution in [1.29, 1.82) is 0 Å². The molecule has 2 aromatic rings. The molecule has 1 amide bonds. The van der Waals surface area contributed by atoms with E-state index in [-0.39, 0.29) is 18.4 Å². The van der Waals surface area contributed by atoms with Crippen molar-refractivity contribution < 1.29 is 19.4 Å². The second-order valence-electron chi connectivity index (χ2n) is 8.78. The fraction of sp³-hybridized carbons (Fsp3) is 0.429. The number of carbonyl (C=O) groups is 2. The number of ether oxygens (including phenoxy) is 1. The molecule has 33 heavy (non-hydrogen) atoms. The third-order valence-electron chi connectivity index (χ3n) is 6.19. The summed E-state index contributed by atoms with van der Waals surface area (Å²) in [7, 11) is 0. The van der Waals surface area contributed by atoms with Gasteiger partial charge in [0.25, 0.3) is 0 Å². The van der Waals surface area contributed by atoms with Gasteiger partial charge in [0, 0.05) is 11.9 Å². The topological polar surface area (TPSA) is 75.6 Å². The Labute approximate surface area is 196 Å². The minimum atomic E-state index is -0.784. The van der Waals surface area contributed by atoms with Gasteiger partial charge in [0.15, 0.2) is 0 Å². The molecular formula is C28H35NO4. The van der Waals surface area contributed by atoms with Crippen LogP contribution in [0.25, 0.3) is 10.8 Å². The van der Waals surface area contributed by atoms with Crippen LogP contribution in [0.5, 0.6) is 5.75 Å². The fourth-order valence-electron chi connectivity index (χ4n) is 4.10. The Kier molecular flexibility index (Phi) is 9.55. The standard InChI is InChI=1S/C28H35NO4/c1-21(28(31)32)10-5-6-14-24(27(30)29-19-18-22-11-3-2-4-12-22)20-33-26-17-9-15-23-13-7-8-16-25(23)26/h7-9,11,13-17,21H,2-6,10,12,18-20H2,1H3,(H,29,30)(H,31,32). The largest absolute Gasteiger partial charge is 0.488 e. The lowest BCUT2D eigenvalue weighted by Gasteiger charge is -2.15. The number of hydrogen-bond acceptors (Lipinski definition) is 3. The monoisotopic (exact) mass is 449 g/mol. The zero-order chi connectivity index (χ0) is 23.5. The predicted octanol–water partition coefficient (Wildman–Crippen LogP) is 6.04. The molecular weight excluding hydrogens is 414 g/mol. The van der Waals surface area contributed by atoms with Gasteiger partial charge in [0.05, 0.1) is 11.5 Å². The maximum Gasteiger partial charge on any atom is 0.306 e. The molecule has 1 unspecified atom stereocenters. The van der Waals surface area contributed by atoms with Crippen molar-refractivity contribution in [2.75, 3.05) is 13.2 Å². The Hall–Kier alpha value is -3.08. The molecule has 3 rings (SSSR count). The number of carboxylic acid groups (broad SMARTS) is 1. The number of carboxylic acids is 1. The molecule has 0 aliphatic heterocycles. The maximum atomic E-state index is 12.9. The molecule has 0 saturated heterocycles. The van der Waals surface area contributed by atoms with Crippen LogP contribution in [-0.2, 0) is 9.59 Å². The van der Waals surface area contributed by atoms with Crippen LogP contribution in [0.2, 0.25) is 0 Å². The van der Waals surface area contributed by atoms with Crippen molar-refractivity contribution in [1.82, 2.24) is 5.32 Å². The third kappa shape index (κ3) is 7.77. The van der Waals surface area contributed by atoms with Crippen LogP contribution in [0.4, 0.5) is 0 Å². The van der Waals surface area contributed by atoms with Crippen molar-refractivity contribution in [2.24, 2.45) is 5.92 Å². The van der Waals surface area contributed by atoms with E-state index in [0.717, 1.165) is 35.8 Å². The minimum Gasteiger partial charge on any atom is -0.488 e. The van der Waals surface area contributed by atoms with Gasteiger partial charge in [-0.1, -0.05) is 61.0 Å². The van der Waals surface area contributed by atoms with Crippen LogP contribution in [0.1, 0.15) is 58.3 Å². The Bertz CT molecular complexity index is 1000. The number of aliphatic carboxylic acids is 1. The zero-order valence-corrected chi connectivity index (χ0v) is 19.5. The summed E-state index contributed by atoms with van der Waals surface area (Å²) in [4.78, 5) is 24.0. The van der Waals surface area contributed by atoms with E-state index in [4.69, 9.17) is 9.84 Å². The number of rotatable bonds is 12. The molecule has 1 aliphatic carbocycles. The average Bonchev–Trinajstić information content (AvgIpc) is 2.84. The summed E-state index contributed by atoms with van der Waals surface area (Å²) in [5, 5.41) is 14.2. The molecule has 1 atom stereocenters. The van der Waals surface area contributed by atoms with Crippen LogP contribution in [0.15, 0.2) is 65.8 Å². The molecule has 176 valence electrons. The number of carbonyl (C=O) groups excluding carboxylic acids is 1. The first kappa shape index (κ1) is 24.6. The van der Waals surface area contributed by atoms with E-state index in [1.807, 2.05) is 48.5 Å². The average molecular weight is 450 g/mol. The fourth-order valence-corrected chi connectivity index (χ4v) is 4.10. The van der Waals surface area contributed by atoms with E-state index in [2.05, 4.69) is 11.4 Å². The zero-order valence-electron chi connectivity index (χ0n) is 19.5. The number of nitrogens with one attached hydrogen (secondary N) is 1. The van der Waals surface area contributed by atoms with Crippen molar-refractivity contribution in [3.05, 3.63) is 65.8 Å². The van der Waals surface area contributed by atoms with Crippen LogP contribution in [0, 0.1) is 5.92 Å². The number of benzene rings is 2. The summed E-state index contributed by atoms with van der Waals surface area (Å²) in [6, 6.07) is 13.9. The van der Waals surface area contributed by atoms with Gasteiger partial charge in [-0.2, -0.15) is 0 Å². The SMILES string of the molecule is CC(CCCC=C(COc1cccc2ccccc12)C(=O)NCCC1=CCCCC1)C(=O)O. The lowest BCUT2D eigenvalue weighted by atomic mass is 9.97. The van der Waals surface area contributed by atoms with Crippen molar-refractivity contribution >= 4 is 22.6 Å². The number of amides is 1. The molecule has 2 aromatic carbocycles. The number of unbranched alkanes of at least 4 members (excludes halogenated alkanes) is 1. The lowest BCUT2D eigenvalue weighted by Crippen LogP contribution is -2.29. The van der Waals surface area contributed by atoms with Crippen LogP contribution in [0.3, 0.4) is 0 Å². The molecule has 0 heterocycles. The van der Waals surface area contributed by atoms with E-state index in [9.17, 15) is 9.59 Å². The van der Waals surface area contributed by atoms with Crippen molar-refractivity contribution in [3.8, 4) is 5.75 Å². The van der Waals surface area contributed by atoms with Crippen LogP contribution in [-0.4, -0.2) is 30.1 Å². The number of allylic oxidation sites excluding steroid dienone is 2. The smallest absolute Gasteiger partial charge is 0.306 e. The lowest BCUT2D eigenvalue weighted by molar-refractivity contribution is -0.141. The number of hydrogen-bond donors (Lipinski definition) is 2.